The highest BCUT2D eigenvalue weighted by atomic mass is 16.4. The highest BCUT2D eigenvalue weighted by Crippen LogP contribution is 2.23. The van der Waals surface area contributed by atoms with E-state index < -0.39 is 219 Å². The Labute approximate surface area is 489 Å². The standard InChI is InChI=1S/C51H85N13O21/c1-22(2)16-28(56-42(75)31(20-67)60-47(80)37(53)25(7)69)49(82)63-14-8-10-33(63)46(79)61-38(23(3)4)48(81)54-26(12-13-35(52)70)40(73)55-27(17-36(71)72)41(74)57-29(18-65)43(76)58-30(19-66)44(77)59-32(21-68)45(78)62-39(24(5)6)50(83)64-15-9-11-34(64)51(84)85/h22-34,37-39,65-69H,8-21,53H2,1-7H3,(H2,52,70)(H,54,81)(H,55,73)(H,56,75)(H,57,74)(H,58,76)(H,59,77)(H,60,80)(H,61,79)(H,62,78)(H,71,72)(H,84,85). The molecule has 2 heterocycles. The number of rotatable bonds is 35. The number of carbonyl (C=O) groups excluding carboxylic acids is 12. The summed E-state index contributed by atoms with van der Waals surface area (Å²) in [5, 5.41) is 89.3. The number of nitrogens with one attached hydrogen (secondary N) is 9. The van der Waals surface area contributed by atoms with Gasteiger partial charge in [-0.1, -0.05) is 41.5 Å². The van der Waals surface area contributed by atoms with Gasteiger partial charge in [-0.05, 0) is 63.2 Å². The van der Waals surface area contributed by atoms with Crippen LogP contribution in [-0.4, -0.2) is 246 Å². The van der Waals surface area contributed by atoms with Gasteiger partial charge in [0.15, 0.2) is 0 Å². The lowest BCUT2D eigenvalue weighted by molar-refractivity contribution is -0.150. The van der Waals surface area contributed by atoms with Gasteiger partial charge in [0.1, 0.15) is 72.5 Å². The Morgan fingerprint density at radius 1 is 0.482 bits per heavy atom. The van der Waals surface area contributed by atoms with E-state index in [2.05, 4.69) is 37.2 Å². The SMILES string of the molecule is CC(C)CC(NC(=O)C(CO)NC(=O)C(N)C(C)O)C(=O)N1CCCC1C(=O)NC(C(=O)NC(CCC(N)=O)C(=O)NC(CC(=O)O)C(=O)NC(CO)C(=O)NC(CO)C(=O)NC(CO)C(=O)NC(C(=O)N1CCCC1C(=O)O)C(C)C)C(C)C. The van der Waals surface area contributed by atoms with Crippen molar-refractivity contribution < 1.29 is 103 Å². The molecule has 13 atom stereocenters. The zero-order valence-electron chi connectivity index (χ0n) is 48.5. The summed E-state index contributed by atoms with van der Waals surface area (Å²) in [7, 11) is 0. The number of carboxylic acids is 2. The third-order valence-corrected chi connectivity index (χ3v) is 13.9. The molecule has 0 aliphatic carbocycles. The van der Waals surface area contributed by atoms with Crippen LogP contribution in [0.1, 0.15) is 99.8 Å². The van der Waals surface area contributed by atoms with E-state index in [0.29, 0.717) is 12.8 Å². The average molecular weight is 1220 g/mol. The fourth-order valence-electron chi connectivity index (χ4n) is 9.04. The molecule has 480 valence electrons. The van der Waals surface area contributed by atoms with Gasteiger partial charge in [-0.3, -0.25) is 62.3 Å². The summed E-state index contributed by atoms with van der Waals surface area (Å²) < 4.78 is 0. The quantitative estimate of drug-likeness (QED) is 0.0280. The van der Waals surface area contributed by atoms with Gasteiger partial charge in [0.05, 0.1) is 39.0 Å². The molecule has 0 aromatic rings. The van der Waals surface area contributed by atoms with E-state index in [1.165, 1.54) is 25.7 Å². The number of likely N-dealkylation sites (tertiary alicyclic amines) is 2. The minimum atomic E-state index is -2.11. The minimum Gasteiger partial charge on any atom is -0.481 e. The molecule has 2 aliphatic rings. The number of aliphatic hydroxyl groups excluding tert-OH is 5. The number of aliphatic carboxylic acids is 2. The summed E-state index contributed by atoms with van der Waals surface area (Å²) in [6, 6.07) is -19.2. The van der Waals surface area contributed by atoms with E-state index in [-0.39, 0.29) is 38.3 Å². The normalized spacial score (nSPS) is 18.8. The summed E-state index contributed by atoms with van der Waals surface area (Å²) in [4.78, 5) is 187. The van der Waals surface area contributed by atoms with Crippen LogP contribution in [0.5, 0.6) is 0 Å². The molecule has 0 bridgehead atoms. The zero-order chi connectivity index (χ0) is 64.7. The number of primary amides is 1. The summed E-state index contributed by atoms with van der Waals surface area (Å²) in [5.41, 5.74) is 11.0. The van der Waals surface area contributed by atoms with Gasteiger partial charge in [-0.15, -0.1) is 0 Å². The van der Waals surface area contributed by atoms with E-state index in [1.807, 2.05) is 10.6 Å². The summed E-state index contributed by atoms with van der Waals surface area (Å²) >= 11 is 0. The Balaban J connectivity index is 2.27. The molecule has 85 heavy (non-hydrogen) atoms. The number of carbonyl (C=O) groups is 14. The average Bonchev–Trinajstić information content (AvgIpc) is 4.38. The lowest BCUT2D eigenvalue weighted by atomic mass is 10.00. The molecule has 34 nitrogen and oxygen atoms in total. The number of nitrogens with zero attached hydrogens (tertiary/aromatic N) is 2. The lowest BCUT2D eigenvalue weighted by Crippen LogP contribution is -2.62. The minimum absolute atomic E-state index is 0.0206. The smallest absolute Gasteiger partial charge is 0.326 e. The van der Waals surface area contributed by atoms with Crippen LogP contribution in [0.2, 0.25) is 0 Å². The molecule has 12 amide bonds. The molecule has 2 aliphatic heterocycles. The summed E-state index contributed by atoms with van der Waals surface area (Å²) in [6.45, 7) is 6.48. The van der Waals surface area contributed by atoms with E-state index in [9.17, 15) is 103 Å². The van der Waals surface area contributed by atoms with E-state index >= 15 is 0 Å². The predicted octanol–water partition coefficient (Wildman–Crippen LogP) is -8.81. The van der Waals surface area contributed by atoms with E-state index in [0.717, 1.165) is 4.90 Å². The predicted molar refractivity (Wildman–Crippen MR) is 292 cm³/mol. The van der Waals surface area contributed by atoms with Crippen molar-refractivity contribution in [3.63, 3.8) is 0 Å². The molecule has 2 fully saturated rings. The highest BCUT2D eigenvalue weighted by Gasteiger charge is 2.43. The van der Waals surface area contributed by atoms with Gasteiger partial charge in [0, 0.05) is 19.5 Å². The lowest BCUT2D eigenvalue weighted by Gasteiger charge is -2.32. The number of hydrogen-bond donors (Lipinski definition) is 18. The molecular weight excluding hydrogens is 1130 g/mol. The second kappa shape index (κ2) is 35.0. The third-order valence-electron chi connectivity index (χ3n) is 13.9. The van der Waals surface area contributed by atoms with Crippen LogP contribution in [-0.2, 0) is 67.1 Å². The Bertz CT molecular complexity index is 2410. The fourth-order valence-corrected chi connectivity index (χ4v) is 9.04. The maximum Gasteiger partial charge on any atom is 0.326 e. The maximum atomic E-state index is 14.1. The highest BCUT2D eigenvalue weighted by molar-refractivity contribution is 6.00. The Morgan fingerprint density at radius 3 is 1.28 bits per heavy atom. The molecule has 13 unspecified atom stereocenters. The van der Waals surface area contributed by atoms with Crippen molar-refractivity contribution in [2.45, 2.75) is 178 Å². The molecule has 0 aromatic heterocycles. The molecule has 34 heteroatoms. The van der Waals surface area contributed by atoms with Gasteiger partial charge in [0.2, 0.25) is 70.9 Å². The number of nitrogens with two attached hydrogens (primary N) is 2. The molecule has 20 N–H and O–H groups in total. The fraction of sp³-hybridized carbons (Fsp3) is 0.725. The van der Waals surface area contributed by atoms with Crippen LogP contribution in [0.3, 0.4) is 0 Å². The van der Waals surface area contributed by atoms with Crippen LogP contribution in [0.15, 0.2) is 0 Å². The number of carboxylic acid groups (broad SMARTS) is 2. The van der Waals surface area contributed by atoms with Gasteiger partial charge in [-0.2, -0.15) is 0 Å². The Morgan fingerprint density at radius 2 is 0.871 bits per heavy atom. The van der Waals surface area contributed by atoms with Crippen LogP contribution in [0.25, 0.3) is 0 Å². The summed E-state index contributed by atoms with van der Waals surface area (Å²) in [6.07, 6.45) is -2.70. The van der Waals surface area contributed by atoms with Crippen LogP contribution < -0.4 is 59.3 Å². The van der Waals surface area contributed by atoms with Crippen molar-refractivity contribution in [2.75, 3.05) is 39.5 Å². The van der Waals surface area contributed by atoms with Crippen LogP contribution >= 0.6 is 0 Å². The van der Waals surface area contributed by atoms with Crippen molar-refractivity contribution >= 4 is 82.8 Å². The first-order chi connectivity index (χ1) is 39.7. The van der Waals surface area contributed by atoms with E-state index in [4.69, 9.17) is 11.5 Å². The molecule has 0 aromatic carbocycles. The monoisotopic (exact) mass is 1220 g/mol. The zero-order valence-corrected chi connectivity index (χ0v) is 48.5. The van der Waals surface area contributed by atoms with Crippen molar-refractivity contribution in [2.24, 2.45) is 29.2 Å². The van der Waals surface area contributed by atoms with Gasteiger partial charge < -0.3 is 105 Å². The second-order valence-corrected chi connectivity index (χ2v) is 21.8. The van der Waals surface area contributed by atoms with Crippen molar-refractivity contribution in [1.29, 1.82) is 0 Å². The number of aliphatic hydroxyl groups is 5. The van der Waals surface area contributed by atoms with Crippen molar-refractivity contribution in [3.8, 4) is 0 Å². The molecule has 0 radical (unpaired) electrons. The van der Waals surface area contributed by atoms with Crippen molar-refractivity contribution in [1.82, 2.24) is 57.7 Å². The summed E-state index contributed by atoms with van der Waals surface area (Å²) in [5.74, 6) is -17.4. The van der Waals surface area contributed by atoms with Gasteiger partial charge in [0.25, 0.3) is 0 Å². The van der Waals surface area contributed by atoms with Crippen molar-refractivity contribution in [3.05, 3.63) is 0 Å². The number of amides is 12. The third kappa shape index (κ3) is 22.4. The molecule has 2 rings (SSSR count). The Kier molecular flexibility index (Phi) is 30.2. The number of hydrogen-bond acceptors (Lipinski definition) is 20. The van der Waals surface area contributed by atoms with Gasteiger partial charge in [-0.25, -0.2) is 4.79 Å². The topological polar surface area (TPSA) is 547 Å². The molecular formula is C51H85N13O21. The van der Waals surface area contributed by atoms with Crippen LogP contribution in [0, 0.1) is 17.8 Å². The van der Waals surface area contributed by atoms with Crippen LogP contribution in [0.4, 0.5) is 0 Å². The Hall–Kier alpha value is -7.66. The first kappa shape index (κ1) is 73.4. The largest absolute Gasteiger partial charge is 0.481 e. The van der Waals surface area contributed by atoms with Gasteiger partial charge >= 0.3 is 11.9 Å². The second-order valence-electron chi connectivity index (χ2n) is 21.8. The maximum absolute atomic E-state index is 14.1. The van der Waals surface area contributed by atoms with E-state index in [1.54, 1.807) is 27.7 Å². The first-order valence-electron chi connectivity index (χ1n) is 27.7. The molecule has 2 saturated heterocycles. The molecule has 0 spiro atoms. The first-order valence-corrected chi connectivity index (χ1v) is 27.7. The molecule has 0 saturated carbocycles.